The molecule has 2 aliphatic rings. The van der Waals surface area contributed by atoms with Gasteiger partial charge in [0, 0.05) is 19.5 Å². The maximum atomic E-state index is 4.61. The fourth-order valence-corrected chi connectivity index (χ4v) is 3.32. The Hall–Kier alpha value is -0.870. The van der Waals surface area contributed by atoms with Crippen molar-refractivity contribution >= 4 is 0 Å². The van der Waals surface area contributed by atoms with Gasteiger partial charge in [0.25, 0.3) is 0 Å². The molecule has 2 aliphatic heterocycles. The van der Waals surface area contributed by atoms with E-state index in [-0.39, 0.29) is 5.54 Å². The van der Waals surface area contributed by atoms with Gasteiger partial charge in [-0.3, -0.25) is 0 Å². The largest absolute Gasteiger partial charge is 0.333 e. The fraction of sp³-hybridized carbons (Fsp3) is 0.769. The minimum atomic E-state index is 0.201. The lowest BCUT2D eigenvalue weighted by molar-refractivity contribution is 0.142. The van der Waals surface area contributed by atoms with E-state index in [0.717, 1.165) is 19.5 Å². The molecular weight excluding hydrogens is 212 g/mol. The minimum Gasteiger partial charge on any atom is -0.333 e. The van der Waals surface area contributed by atoms with Crippen LogP contribution in [0.15, 0.2) is 6.33 Å². The van der Waals surface area contributed by atoms with E-state index in [0.29, 0.717) is 0 Å². The molecule has 0 saturated carbocycles. The Balaban J connectivity index is 2.00. The summed E-state index contributed by atoms with van der Waals surface area (Å²) in [6.45, 7) is 6.68. The quantitative estimate of drug-likeness (QED) is 0.786. The highest BCUT2D eigenvalue weighted by Gasteiger charge is 2.41. The Labute approximate surface area is 103 Å². The van der Waals surface area contributed by atoms with Gasteiger partial charge in [-0.15, -0.1) is 0 Å². The monoisotopic (exact) mass is 234 g/mol. The summed E-state index contributed by atoms with van der Waals surface area (Å²) in [7, 11) is 2.22. The summed E-state index contributed by atoms with van der Waals surface area (Å²) < 4.78 is 2.34. The predicted molar refractivity (Wildman–Crippen MR) is 68.0 cm³/mol. The Morgan fingerprint density at radius 2 is 2.18 bits per heavy atom. The first-order chi connectivity index (χ1) is 8.25. The first-order valence-corrected chi connectivity index (χ1v) is 6.73. The average molecular weight is 234 g/mol. The first-order valence-electron chi connectivity index (χ1n) is 6.73. The SMILES string of the molecule is CCn1cnc2c1C1(CCN(C)CC1)NCC2. The van der Waals surface area contributed by atoms with Crippen molar-refractivity contribution in [1.82, 2.24) is 19.8 Å². The Bertz CT molecular complexity index is 388. The summed E-state index contributed by atoms with van der Waals surface area (Å²) in [5, 5.41) is 3.78. The van der Waals surface area contributed by atoms with Gasteiger partial charge in [-0.2, -0.15) is 0 Å². The number of nitrogens with zero attached hydrogens (tertiary/aromatic N) is 3. The molecule has 1 saturated heterocycles. The maximum Gasteiger partial charge on any atom is 0.0952 e. The Morgan fingerprint density at radius 3 is 2.88 bits per heavy atom. The van der Waals surface area contributed by atoms with E-state index in [2.05, 4.69) is 33.7 Å². The molecule has 0 aliphatic carbocycles. The van der Waals surface area contributed by atoms with Gasteiger partial charge in [0.2, 0.25) is 0 Å². The number of hydrogen-bond acceptors (Lipinski definition) is 3. The number of likely N-dealkylation sites (tertiary alicyclic amines) is 1. The molecule has 17 heavy (non-hydrogen) atoms. The van der Waals surface area contributed by atoms with Crippen molar-refractivity contribution in [3.05, 3.63) is 17.7 Å². The van der Waals surface area contributed by atoms with Gasteiger partial charge in [-0.1, -0.05) is 0 Å². The minimum absolute atomic E-state index is 0.201. The molecule has 3 rings (SSSR count). The van der Waals surface area contributed by atoms with Crippen molar-refractivity contribution < 1.29 is 0 Å². The van der Waals surface area contributed by atoms with E-state index in [4.69, 9.17) is 0 Å². The molecule has 1 aromatic rings. The topological polar surface area (TPSA) is 33.1 Å². The summed E-state index contributed by atoms with van der Waals surface area (Å²) >= 11 is 0. The number of aryl methyl sites for hydroxylation is 1. The van der Waals surface area contributed by atoms with Gasteiger partial charge in [0.05, 0.1) is 23.3 Å². The van der Waals surface area contributed by atoms with Crippen molar-refractivity contribution in [2.24, 2.45) is 0 Å². The molecule has 0 atom stereocenters. The number of aromatic nitrogens is 2. The third kappa shape index (κ3) is 1.70. The normalized spacial score (nSPS) is 23.9. The number of rotatable bonds is 1. The maximum absolute atomic E-state index is 4.61. The average Bonchev–Trinajstić information content (AvgIpc) is 2.78. The van der Waals surface area contributed by atoms with Crippen molar-refractivity contribution in [3.63, 3.8) is 0 Å². The van der Waals surface area contributed by atoms with Crippen LogP contribution >= 0.6 is 0 Å². The van der Waals surface area contributed by atoms with Crippen LogP contribution in [0.3, 0.4) is 0 Å². The number of fused-ring (bicyclic) bond motifs is 2. The lowest BCUT2D eigenvalue weighted by atomic mass is 9.80. The van der Waals surface area contributed by atoms with Crippen molar-refractivity contribution in [2.45, 2.75) is 38.3 Å². The zero-order chi connectivity index (χ0) is 11.9. The molecule has 0 radical (unpaired) electrons. The van der Waals surface area contributed by atoms with Crippen LogP contribution in [0.4, 0.5) is 0 Å². The number of hydrogen-bond donors (Lipinski definition) is 1. The highest BCUT2D eigenvalue weighted by molar-refractivity contribution is 5.27. The van der Waals surface area contributed by atoms with Gasteiger partial charge in [-0.05, 0) is 39.9 Å². The summed E-state index contributed by atoms with van der Waals surface area (Å²) in [6.07, 6.45) is 5.53. The van der Waals surface area contributed by atoms with Crippen LogP contribution < -0.4 is 5.32 Å². The molecule has 94 valence electrons. The fourth-order valence-electron chi connectivity index (χ4n) is 3.32. The summed E-state index contributed by atoms with van der Waals surface area (Å²) in [5.41, 5.74) is 3.00. The number of nitrogens with one attached hydrogen (secondary N) is 1. The molecule has 3 heterocycles. The van der Waals surface area contributed by atoms with E-state index < -0.39 is 0 Å². The molecule has 4 heteroatoms. The van der Waals surface area contributed by atoms with Gasteiger partial charge in [0.15, 0.2) is 0 Å². The molecule has 0 aromatic carbocycles. The third-order valence-electron chi connectivity index (χ3n) is 4.37. The van der Waals surface area contributed by atoms with Gasteiger partial charge in [-0.25, -0.2) is 4.98 Å². The summed E-state index contributed by atoms with van der Waals surface area (Å²) in [6, 6.07) is 0. The molecule has 1 fully saturated rings. The van der Waals surface area contributed by atoms with Gasteiger partial charge < -0.3 is 14.8 Å². The smallest absolute Gasteiger partial charge is 0.0952 e. The lowest BCUT2D eigenvalue weighted by Gasteiger charge is -2.44. The number of imidazole rings is 1. The molecule has 1 aromatic heterocycles. The molecule has 1 N–H and O–H groups in total. The molecule has 1 spiro atoms. The van der Waals surface area contributed by atoms with Crippen molar-refractivity contribution in [1.29, 1.82) is 0 Å². The van der Waals surface area contributed by atoms with Crippen LogP contribution in [0.5, 0.6) is 0 Å². The van der Waals surface area contributed by atoms with Crippen LogP contribution in [0, 0.1) is 0 Å². The third-order valence-corrected chi connectivity index (χ3v) is 4.37. The Kier molecular flexibility index (Phi) is 2.71. The zero-order valence-corrected chi connectivity index (χ0v) is 10.9. The second-order valence-electron chi connectivity index (χ2n) is 5.39. The Morgan fingerprint density at radius 1 is 1.41 bits per heavy atom. The van der Waals surface area contributed by atoms with E-state index >= 15 is 0 Å². The van der Waals surface area contributed by atoms with Crippen LogP contribution in [-0.4, -0.2) is 41.1 Å². The van der Waals surface area contributed by atoms with Crippen LogP contribution in [0.25, 0.3) is 0 Å². The van der Waals surface area contributed by atoms with Crippen molar-refractivity contribution in [3.8, 4) is 0 Å². The molecular formula is C13H22N4. The second-order valence-corrected chi connectivity index (χ2v) is 5.39. The summed E-state index contributed by atoms with van der Waals surface area (Å²) in [5.74, 6) is 0. The van der Waals surface area contributed by atoms with Crippen LogP contribution in [0.2, 0.25) is 0 Å². The lowest BCUT2D eigenvalue weighted by Crippen LogP contribution is -2.54. The molecule has 4 nitrogen and oxygen atoms in total. The first kappa shape index (κ1) is 11.2. The summed E-state index contributed by atoms with van der Waals surface area (Å²) in [4.78, 5) is 7.03. The zero-order valence-electron chi connectivity index (χ0n) is 10.9. The second kappa shape index (κ2) is 4.10. The molecule has 0 bridgehead atoms. The van der Waals surface area contributed by atoms with E-state index in [1.54, 1.807) is 0 Å². The van der Waals surface area contributed by atoms with E-state index in [1.165, 1.54) is 37.3 Å². The van der Waals surface area contributed by atoms with Crippen LogP contribution in [-0.2, 0) is 18.5 Å². The standard InChI is InChI=1S/C13H22N4/c1-3-17-10-14-11-4-7-15-13(12(11)17)5-8-16(2)9-6-13/h10,15H,3-9H2,1-2H3. The highest BCUT2D eigenvalue weighted by atomic mass is 15.2. The predicted octanol–water partition coefficient (Wildman–Crippen LogP) is 0.970. The van der Waals surface area contributed by atoms with E-state index in [9.17, 15) is 0 Å². The van der Waals surface area contributed by atoms with Crippen molar-refractivity contribution in [2.75, 3.05) is 26.7 Å². The molecule has 0 unspecified atom stereocenters. The highest BCUT2D eigenvalue weighted by Crippen LogP contribution is 2.36. The number of piperidine rings is 1. The van der Waals surface area contributed by atoms with Gasteiger partial charge in [0.1, 0.15) is 0 Å². The van der Waals surface area contributed by atoms with Crippen LogP contribution in [0.1, 0.15) is 31.2 Å². The van der Waals surface area contributed by atoms with E-state index in [1.807, 2.05) is 6.33 Å². The van der Waals surface area contributed by atoms with Gasteiger partial charge >= 0.3 is 0 Å². The molecule has 0 amide bonds.